The van der Waals surface area contributed by atoms with Crippen LogP contribution in [0.5, 0.6) is 0 Å². The van der Waals surface area contributed by atoms with Crippen molar-refractivity contribution in [3.63, 3.8) is 0 Å². The molecular formula is C20H14F3N5O2. The Hall–Kier alpha value is -3.95. The second-order valence-electron chi connectivity index (χ2n) is 6.52. The minimum absolute atomic E-state index is 0.0612. The van der Waals surface area contributed by atoms with Crippen LogP contribution in [0.3, 0.4) is 0 Å². The van der Waals surface area contributed by atoms with E-state index in [4.69, 9.17) is 0 Å². The van der Waals surface area contributed by atoms with Gasteiger partial charge in [-0.25, -0.2) is 4.98 Å². The molecule has 10 heteroatoms. The highest BCUT2D eigenvalue weighted by Crippen LogP contribution is 2.29. The van der Waals surface area contributed by atoms with Crippen molar-refractivity contribution in [1.82, 2.24) is 19.7 Å². The minimum atomic E-state index is -4.57. The van der Waals surface area contributed by atoms with Gasteiger partial charge in [0.1, 0.15) is 5.82 Å². The fourth-order valence-electron chi connectivity index (χ4n) is 2.95. The Balaban J connectivity index is 1.71. The van der Waals surface area contributed by atoms with Crippen molar-refractivity contribution in [2.24, 2.45) is 0 Å². The average molecular weight is 413 g/mol. The molecule has 152 valence electrons. The van der Waals surface area contributed by atoms with E-state index in [0.717, 1.165) is 18.2 Å². The van der Waals surface area contributed by atoms with E-state index in [-0.39, 0.29) is 22.9 Å². The molecule has 0 aliphatic carbocycles. The number of aryl methyl sites for hydroxylation is 1. The van der Waals surface area contributed by atoms with Gasteiger partial charge in [0.25, 0.3) is 11.5 Å². The lowest BCUT2D eigenvalue weighted by Gasteiger charge is -2.10. The third kappa shape index (κ3) is 3.66. The lowest BCUT2D eigenvalue weighted by atomic mass is 10.1. The molecule has 0 atom stereocenters. The number of alkyl halides is 3. The molecule has 0 aliphatic rings. The number of fused-ring (bicyclic) bond motifs is 1. The van der Waals surface area contributed by atoms with Crippen LogP contribution in [0.2, 0.25) is 0 Å². The van der Waals surface area contributed by atoms with E-state index >= 15 is 0 Å². The van der Waals surface area contributed by atoms with Gasteiger partial charge in [0, 0.05) is 11.6 Å². The number of nitrogens with zero attached hydrogens (tertiary/aromatic N) is 3. The zero-order valence-electron chi connectivity index (χ0n) is 15.5. The van der Waals surface area contributed by atoms with Crippen molar-refractivity contribution < 1.29 is 18.0 Å². The molecule has 0 bridgehead atoms. The number of carbonyl (C=O) groups is 1. The number of carbonyl (C=O) groups excluding carboxylic acids is 1. The summed E-state index contributed by atoms with van der Waals surface area (Å²) in [5.41, 5.74) is -0.556. The molecule has 0 saturated heterocycles. The maximum absolute atomic E-state index is 12.9. The first kappa shape index (κ1) is 19.4. The molecule has 1 amide bonds. The highest BCUT2D eigenvalue weighted by atomic mass is 19.4. The molecule has 0 unspecified atom stereocenters. The quantitative estimate of drug-likeness (QED) is 0.536. The maximum atomic E-state index is 12.9. The summed E-state index contributed by atoms with van der Waals surface area (Å²) in [6, 6.07) is 12.3. The number of nitrogens with one attached hydrogen (secondary N) is 2. The molecule has 4 aromatic rings. The summed E-state index contributed by atoms with van der Waals surface area (Å²) in [6.07, 6.45) is -4.57. The second-order valence-corrected chi connectivity index (χ2v) is 6.52. The molecule has 4 rings (SSSR count). The topological polar surface area (TPSA) is 92.7 Å². The molecule has 0 fully saturated rings. The summed E-state index contributed by atoms with van der Waals surface area (Å²) in [4.78, 5) is 31.8. The van der Waals surface area contributed by atoms with E-state index in [1.165, 1.54) is 16.8 Å². The van der Waals surface area contributed by atoms with Crippen molar-refractivity contribution in [1.29, 1.82) is 0 Å². The zero-order valence-corrected chi connectivity index (χ0v) is 15.5. The van der Waals surface area contributed by atoms with E-state index in [2.05, 4.69) is 20.4 Å². The predicted molar refractivity (Wildman–Crippen MR) is 104 cm³/mol. The molecular weight excluding hydrogens is 399 g/mol. The second kappa shape index (κ2) is 7.14. The lowest BCUT2D eigenvalue weighted by molar-refractivity contribution is -0.137. The van der Waals surface area contributed by atoms with Crippen LogP contribution in [0.4, 0.5) is 19.0 Å². The van der Waals surface area contributed by atoms with Gasteiger partial charge in [-0.3, -0.25) is 14.6 Å². The van der Waals surface area contributed by atoms with Crippen LogP contribution in [-0.4, -0.2) is 25.7 Å². The third-order valence-electron chi connectivity index (χ3n) is 4.33. The van der Waals surface area contributed by atoms with Gasteiger partial charge >= 0.3 is 6.18 Å². The number of aromatic amines is 1. The summed E-state index contributed by atoms with van der Waals surface area (Å²) >= 11 is 0. The average Bonchev–Trinajstić information content (AvgIpc) is 3.07. The molecule has 30 heavy (non-hydrogen) atoms. The number of halogens is 3. The fraction of sp³-hybridized carbons (Fsp3) is 0.100. The Morgan fingerprint density at radius 2 is 1.87 bits per heavy atom. The van der Waals surface area contributed by atoms with Gasteiger partial charge in [-0.2, -0.15) is 23.0 Å². The Kier molecular flexibility index (Phi) is 4.61. The molecule has 2 aromatic heterocycles. The summed E-state index contributed by atoms with van der Waals surface area (Å²) in [6.45, 7) is 1.66. The van der Waals surface area contributed by atoms with Gasteiger partial charge in [0.2, 0.25) is 5.95 Å². The van der Waals surface area contributed by atoms with Crippen molar-refractivity contribution in [3.05, 3.63) is 81.8 Å². The number of benzene rings is 2. The van der Waals surface area contributed by atoms with Crippen molar-refractivity contribution >= 4 is 22.6 Å². The van der Waals surface area contributed by atoms with Crippen LogP contribution in [0.1, 0.15) is 21.6 Å². The molecule has 0 saturated carbocycles. The highest BCUT2D eigenvalue weighted by molar-refractivity contribution is 6.04. The number of amides is 1. The smallest absolute Gasteiger partial charge is 0.306 e. The largest absolute Gasteiger partial charge is 0.416 e. The SMILES string of the molecule is Cc1cc(NC(=O)c2cccc(C(F)(F)F)c2)n(-c2nc3ccccc3c(=O)[nH]2)n1. The Bertz CT molecular complexity index is 1320. The van der Waals surface area contributed by atoms with E-state index in [1.807, 2.05) is 0 Å². The molecule has 2 aromatic carbocycles. The fourth-order valence-corrected chi connectivity index (χ4v) is 2.95. The Morgan fingerprint density at radius 1 is 1.10 bits per heavy atom. The van der Waals surface area contributed by atoms with E-state index in [1.54, 1.807) is 31.2 Å². The maximum Gasteiger partial charge on any atom is 0.416 e. The first-order chi connectivity index (χ1) is 14.2. The number of anilines is 1. The van der Waals surface area contributed by atoms with Gasteiger partial charge in [0.15, 0.2) is 0 Å². The number of rotatable bonds is 3. The normalized spacial score (nSPS) is 11.6. The number of hydrogen-bond acceptors (Lipinski definition) is 4. The van der Waals surface area contributed by atoms with E-state index < -0.39 is 17.6 Å². The van der Waals surface area contributed by atoms with Crippen LogP contribution < -0.4 is 10.9 Å². The van der Waals surface area contributed by atoms with Gasteiger partial charge in [-0.15, -0.1) is 0 Å². The summed E-state index contributed by atoms with van der Waals surface area (Å²) in [5, 5.41) is 7.13. The number of H-pyrrole nitrogens is 1. The van der Waals surface area contributed by atoms with E-state index in [0.29, 0.717) is 16.6 Å². The number of aromatic nitrogens is 4. The monoisotopic (exact) mass is 413 g/mol. The summed E-state index contributed by atoms with van der Waals surface area (Å²) in [5.74, 6) is -0.551. The van der Waals surface area contributed by atoms with Crippen LogP contribution in [0, 0.1) is 6.92 Å². The Labute approximate surface area is 167 Å². The molecule has 2 heterocycles. The van der Waals surface area contributed by atoms with Gasteiger partial charge in [-0.05, 0) is 37.3 Å². The third-order valence-corrected chi connectivity index (χ3v) is 4.33. The van der Waals surface area contributed by atoms with Crippen LogP contribution in [0.25, 0.3) is 16.9 Å². The van der Waals surface area contributed by atoms with Crippen molar-refractivity contribution in [2.75, 3.05) is 5.32 Å². The summed E-state index contributed by atoms with van der Waals surface area (Å²) < 4.78 is 40.0. The molecule has 0 aliphatic heterocycles. The zero-order chi connectivity index (χ0) is 21.5. The minimum Gasteiger partial charge on any atom is -0.306 e. The molecule has 0 radical (unpaired) electrons. The van der Waals surface area contributed by atoms with Gasteiger partial charge in [-0.1, -0.05) is 18.2 Å². The number of para-hydroxylation sites is 1. The van der Waals surface area contributed by atoms with E-state index in [9.17, 15) is 22.8 Å². The molecule has 2 N–H and O–H groups in total. The van der Waals surface area contributed by atoms with Crippen LogP contribution in [-0.2, 0) is 6.18 Å². The first-order valence-corrected chi connectivity index (χ1v) is 8.77. The predicted octanol–water partition coefficient (Wildman–Crippen LogP) is 3.69. The molecule has 7 nitrogen and oxygen atoms in total. The highest BCUT2D eigenvalue weighted by Gasteiger charge is 2.31. The van der Waals surface area contributed by atoms with Gasteiger partial charge in [0.05, 0.1) is 22.2 Å². The Morgan fingerprint density at radius 3 is 2.63 bits per heavy atom. The van der Waals surface area contributed by atoms with Gasteiger partial charge < -0.3 is 5.32 Å². The van der Waals surface area contributed by atoms with Crippen molar-refractivity contribution in [3.8, 4) is 5.95 Å². The van der Waals surface area contributed by atoms with Crippen LogP contribution >= 0.6 is 0 Å². The first-order valence-electron chi connectivity index (χ1n) is 8.77. The van der Waals surface area contributed by atoms with Crippen molar-refractivity contribution in [2.45, 2.75) is 13.1 Å². The van der Waals surface area contributed by atoms with Crippen LogP contribution in [0.15, 0.2) is 59.4 Å². The number of hydrogen-bond donors (Lipinski definition) is 2. The summed E-state index contributed by atoms with van der Waals surface area (Å²) in [7, 11) is 0. The molecule has 0 spiro atoms. The standard InChI is InChI=1S/C20H14F3N5O2/c1-11-9-16(25-17(29)12-5-4-6-13(10-12)20(21,22)23)28(27-11)19-24-15-8-3-2-7-14(15)18(30)26-19/h2-10H,1H3,(H,25,29)(H,24,26,30). The lowest BCUT2D eigenvalue weighted by Crippen LogP contribution is -2.19.